The van der Waals surface area contributed by atoms with Crippen molar-refractivity contribution in [2.75, 3.05) is 6.54 Å². The maximum Gasteiger partial charge on any atom is 0.251 e. The fourth-order valence-corrected chi connectivity index (χ4v) is 3.07. The van der Waals surface area contributed by atoms with E-state index in [2.05, 4.69) is 32.9 Å². The maximum absolute atomic E-state index is 12.2. The average molecular weight is 575 g/mol. The topological polar surface area (TPSA) is 91.5 Å². The zero-order chi connectivity index (χ0) is 23.6. The molecule has 1 aromatic heterocycles. The number of carbonyl (C=O) groups excluding carboxylic acids is 1. The molecule has 0 spiro atoms. The van der Waals surface area contributed by atoms with Gasteiger partial charge in [-0.1, -0.05) is 36.8 Å². The second-order valence-corrected chi connectivity index (χ2v) is 8.04. The molecule has 0 aliphatic rings. The van der Waals surface area contributed by atoms with Crippen molar-refractivity contribution in [2.24, 2.45) is 4.99 Å². The predicted molar refractivity (Wildman–Crippen MR) is 147 cm³/mol. The first-order valence-electron chi connectivity index (χ1n) is 11.4. The standard InChI is InChI=1S/C26H33N5O2.HI/c1-5-19(4)30-24(32)21-13-9-20(10-14-21)15-28-26(27-6-2)29-16-23-17-33-25(31-23)22-11-7-18(3)8-12-22;/h7-14,17,19H,5-6,15-16H2,1-4H3,(H,30,32)(H2,27,28,29);1H. The number of aromatic nitrogens is 1. The van der Waals surface area contributed by atoms with Crippen LogP contribution in [0.5, 0.6) is 0 Å². The van der Waals surface area contributed by atoms with Gasteiger partial charge in [0.05, 0.1) is 18.8 Å². The fraction of sp³-hybridized carbons (Fsp3) is 0.346. The van der Waals surface area contributed by atoms with Crippen LogP contribution in [0.3, 0.4) is 0 Å². The monoisotopic (exact) mass is 575 g/mol. The molecule has 1 amide bonds. The Labute approximate surface area is 218 Å². The third kappa shape index (κ3) is 8.16. The Bertz CT molecular complexity index is 1060. The molecule has 0 aliphatic heterocycles. The second-order valence-electron chi connectivity index (χ2n) is 8.04. The van der Waals surface area contributed by atoms with E-state index in [0.717, 1.165) is 29.8 Å². The van der Waals surface area contributed by atoms with E-state index < -0.39 is 0 Å². The highest BCUT2D eigenvalue weighted by atomic mass is 127. The van der Waals surface area contributed by atoms with E-state index >= 15 is 0 Å². The van der Waals surface area contributed by atoms with E-state index in [-0.39, 0.29) is 35.9 Å². The number of aryl methyl sites for hydroxylation is 1. The number of halogens is 1. The summed E-state index contributed by atoms with van der Waals surface area (Å²) in [5.41, 5.74) is 4.63. The molecular weight excluding hydrogens is 541 g/mol. The molecule has 34 heavy (non-hydrogen) atoms. The van der Waals surface area contributed by atoms with Crippen LogP contribution in [-0.2, 0) is 13.1 Å². The number of carbonyl (C=O) groups is 1. The van der Waals surface area contributed by atoms with Crippen molar-refractivity contribution in [1.82, 2.24) is 20.9 Å². The number of rotatable bonds is 9. The molecule has 0 aliphatic carbocycles. The van der Waals surface area contributed by atoms with Crippen LogP contribution in [0, 0.1) is 6.92 Å². The number of nitrogens with one attached hydrogen (secondary N) is 3. The van der Waals surface area contributed by atoms with E-state index in [0.29, 0.717) is 30.5 Å². The minimum absolute atomic E-state index is 0. The summed E-state index contributed by atoms with van der Waals surface area (Å²) < 4.78 is 5.63. The predicted octanol–water partition coefficient (Wildman–Crippen LogP) is 5.05. The summed E-state index contributed by atoms with van der Waals surface area (Å²) in [5.74, 6) is 1.24. The Kier molecular flexibility index (Phi) is 11.1. The van der Waals surface area contributed by atoms with Crippen LogP contribution in [-0.4, -0.2) is 29.4 Å². The molecule has 0 bridgehead atoms. The lowest BCUT2D eigenvalue weighted by atomic mass is 10.1. The number of benzene rings is 2. The van der Waals surface area contributed by atoms with Gasteiger partial charge in [-0.2, -0.15) is 0 Å². The van der Waals surface area contributed by atoms with Crippen molar-refractivity contribution in [3.63, 3.8) is 0 Å². The summed E-state index contributed by atoms with van der Waals surface area (Å²) in [6.45, 7) is 9.86. The molecule has 8 heteroatoms. The lowest BCUT2D eigenvalue weighted by Crippen LogP contribution is -2.36. The van der Waals surface area contributed by atoms with Gasteiger partial charge >= 0.3 is 0 Å². The molecule has 1 unspecified atom stereocenters. The average Bonchev–Trinajstić information content (AvgIpc) is 3.30. The summed E-state index contributed by atoms with van der Waals surface area (Å²) in [5, 5.41) is 9.51. The lowest BCUT2D eigenvalue weighted by molar-refractivity contribution is 0.0939. The van der Waals surface area contributed by atoms with E-state index in [4.69, 9.17) is 4.42 Å². The normalized spacial score (nSPS) is 11.9. The van der Waals surface area contributed by atoms with Gasteiger partial charge in [-0.3, -0.25) is 4.79 Å². The highest BCUT2D eigenvalue weighted by Gasteiger charge is 2.09. The van der Waals surface area contributed by atoms with Gasteiger partial charge in [0.2, 0.25) is 5.89 Å². The third-order valence-corrected chi connectivity index (χ3v) is 5.26. The summed E-state index contributed by atoms with van der Waals surface area (Å²) in [6, 6.07) is 15.8. The Morgan fingerprint density at radius 1 is 1.06 bits per heavy atom. The van der Waals surface area contributed by atoms with Crippen LogP contribution in [0.2, 0.25) is 0 Å². The molecule has 0 saturated carbocycles. The second kappa shape index (κ2) is 13.7. The van der Waals surface area contributed by atoms with Crippen LogP contribution in [0.4, 0.5) is 0 Å². The van der Waals surface area contributed by atoms with E-state index in [1.54, 1.807) is 6.26 Å². The van der Waals surface area contributed by atoms with Gasteiger partial charge in [0, 0.05) is 23.7 Å². The first kappa shape index (κ1) is 27.4. The van der Waals surface area contributed by atoms with Gasteiger partial charge in [-0.15, -0.1) is 24.0 Å². The Morgan fingerprint density at radius 3 is 2.41 bits per heavy atom. The summed E-state index contributed by atoms with van der Waals surface area (Å²) in [4.78, 5) is 21.4. The number of oxazole rings is 1. The fourth-order valence-electron chi connectivity index (χ4n) is 3.07. The molecule has 182 valence electrons. The Hall–Kier alpha value is -2.88. The van der Waals surface area contributed by atoms with Crippen LogP contribution < -0.4 is 16.0 Å². The van der Waals surface area contributed by atoms with Crippen molar-refractivity contribution in [2.45, 2.75) is 53.2 Å². The minimum Gasteiger partial charge on any atom is -0.444 e. The maximum atomic E-state index is 12.2. The summed E-state index contributed by atoms with van der Waals surface area (Å²) in [6.07, 6.45) is 2.56. The van der Waals surface area contributed by atoms with Gasteiger partial charge in [-0.05, 0) is 57.0 Å². The number of hydrogen-bond acceptors (Lipinski definition) is 4. The van der Waals surface area contributed by atoms with E-state index in [9.17, 15) is 4.79 Å². The van der Waals surface area contributed by atoms with E-state index in [1.165, 1.54) is 5.56 Å². The molecule has 0 radical (unpaired) electrons. The third-order valence-electron chi connectivity index (χ3n) is 5.26. The van der Waals surface area contributed by atoms with Gasteiger partial charge in [0.25, 0.3) is 5.91 Å². The van der Waals surface area contributed by atoms with Gasteiger partial charge in [0.15, 0.2) is 5.96 Å². The number of nitrogens with zero attached hydrogens (tertiary/aromatic N) is 2. The quantitative estimate of drug-likeness (QED) is 0.189. The highest BCUT2D eigenvalue weighted by Crippen LogP contribution is 2.19. The van der Waals surface area contributed by atoms with Gasteiger partial charge in [-0.25, -0.2) is 9.98 Å². The Morgan fingerprint density at radius 2 is 1.76 bits per heavy atom. The summed E-state index contributed by atoms with van der Waals surface area (Å²) >= 11 is 0. The minimum atomic E-state index is -0.0491. The molecule has 3 N–H and O–H groups in total. The van der Waals surface area contributed by atoms with Crippen LogP contribution in [0.15, 0.2) is 64.2 Å². The first-order chi connectivity index (χ1) is 16.0. The zero-order valence-corrected chi connectivity index (χ0v) is 22.6. The smallest absolute Gasteiger partial charge is 0.251 e. The van der Waals surface area contributed by atoms with Gasteiger partial charge in [0.1, 0.15) is 6.26 Å². The SMILES string of the molecule is CCNC(=NCc1ccc(C(=O)NC(C)CC)cc1)NCc1coc(-c2ccc(C)cc2)n1.I. The molecule has 7 nitrogen and oxygen atoms in total. The number of hydrogen-bond donors (Lipinski definition) is 3. The Balaban J connectivity index is 0.00000408. The van der Waals surface area contributed by atoms with Crippen molar-refractivity contribution >= 4 is 35.8 Å². The molecule has 3 rings (SSSR count). The zero-order valence-electron chi connectivity index (χ0n) is 20.2. The molecule has 1 atom stereocenters. The van der Waals surface area contributed by atoms with Crippen molar-refractivity contribution in [1.29, 1.82) is 0 Å². The number of amides is 1. The lowest BCUT2D eigenvalue weighted by Gasteiger charge is -2.12. The molecular formula is C26H34IN5O2. The van der Waals surface area contributed by atoms with Crippen LogP contribution in [0.25, 0.3) is 11.5 Å². The first-order valence-corrected chi connectivity index (χ1v) is 11.4. The summed E-state index contributed by atoms with van der Waals surface area (Å²) in [7, 11) is 0. The van der Waals surface area contributed by atoms with Crippen molar-refractivity contribution in [3.8, 4) is 11.5 Å². The van der Waals surface area contributed by atoms with Crippen molar-refractivity contribution < 1.29 is 9.21 Å². The molecule has 0 saturated heterocycles. The molecule has 1 heterocycles. The number of guanidine groups is 1. The highest BCUT2D eigenvalue weighted by molar-refractivity contribution is 14.0. The largest absolute Gasteiger partial charge is 0.444 e. The molecule has 2 aromatic carbocycles. The van der Waals surface area contributed by atoms with E-state index in [1.807, 2.05) is 69.3 Å². The van der Waals surface area contributed by atoms with Crippen LogP contribution in [0.1, 0.15) is 54.4 Å². The van der Waals surface area contributed by atoms with Crippen molar-refractivity contribution in [3.05, 3.63) is 77.2 Å². The molecule has 0 fully saturated rings. The van der Waals surface area contributed by atoms with Gasteiger partial charge < -0.3 is 20.4 Å². The molecule has 3 aromatic rings. The van der Waals surface area contributed by atoms with Crippen LogP contribution >= 0.6 is 24.0 Å². The number of aliphatic imine (C=N–C) groups is 1.